The third kappa shape index (κ3) is 1.23. The van der Waals surface area contributed by atoms with E-state index in [0.29, 0.717) is 18.8 Å². The number of piperidine rings is 1. The zero-order valence-corrected chi connectivity index (χ0v) is 7.22. The molecule has 2 aliphatic rings. The summed E-state index contributed by atoms with van der Waals surface area (Å²) in [5.74, 6) is 0.364. The molecule has 0 spiro atoms. The van der Waals surface area contributed by atoms with Crippen molar-refractivity contribution in [1.29, 1.82) is 5.41 Å². The molecule has 4 atom stereocenters. The second kappa shape index (κ2) is 2.94. The van der Waals surface area contributed by atoms with Crippen LogP contribution in [0.2, 0.25) is 0 Å². The maximum absolute atomic E-state index is 9.59. The molecule has 0 aromatic heterocycles. The summed E-state index contributed by atoms with van der Waals surface area (Å²) in [5.41, 5.74) is 0. The van der Waals surface area contributed by atoms with Gasteiger partial charge < -0.3 is 20.2 Å². The lowest BCUT2D eigenvalue weighted by Gasteiger charge is -2.38. The maximum atomic E-state index is 9.59. The van der Waals surface area contributed by atoms with Crippen molar-refractivity contribution in [2.45, 2.75) is 37.2 Å². The molecule has 4 N–H and O–H groups in total. The minimum atomic E-state index is -0.924. The van der Waals surface area contributed by atoms with Gasteiger partial charge in [0.05, 0.1) is 24.1 Å². The Labute approximate surface area is 76.1 Å². The molecule has 0 bridgehead atoms. The molecule has 0 radical (unpaired) electrons. The first kappa shape index (κ1) is 8.93. The van der Waals surface area contributed by atoms with Crippen LogP contribution in [-0.2, 0) is 0 Å². The summed E-state index contributed by atoms with van der Waals surface area (Å²) in [6.07, 6.45) is -1.65. The van der Waals surface area contributed by atoms with Gasteiger partial charge in [0.2, 0.25) is 0 Å². The van der Waals surface area contributed by atoms with Gasteiger partial charge in [0.25, 0.3) is 0 Å². The Hall–Kier alpha value is -0.650. The van der Waals surface area contributed by atoms with Gasteiger partial charge in [-0.15, -0.1) is 0 Å². The van der Waals surface area contributed by atoms with Gasteiger partial charge in [-0.1, -0.05) is 0 Å². The van der Waals surface area contributed by atoms with Crippen LogP contribution in [0, 0.1) is 5.41 Å². The van der Waals surface area contributed by atoms with Gasteiger partial charge >= 0.3 is 0 Å². The largest absolute Gasteiger partial charge is 0.390 e. The zero-order valence-electron chi connectivity index (χ0n) is 7.22. The predicted molar refractivity (Wildman–Crippen MR) is 45.5 cm³/mol. The molecule has 0 amide bonds. The second-order valence-corrected chi connectivity index (χ2v) is 3.75. The lowest BCUT2D eigenvalue weighted by Crippen LogP contribution is -2.55. The highest BCUT2D eigenvalue weighted by Crippen LogP contribution is 2.28. The van der Waals surface area contributed by atoms with E-state index in [1.807, 2.05) is 0 Å². The molecule has 2 saturated heterocycles. The second-order valence-electron chi connectivity index (χ2n) is 3.75. The van der Waals surface area contributed by atoms with E-state index in [1.165, 1.54) is 0 Å². The Balaban J connectivity index is 2.20. The van der Waals surface area contributed by atoms with E-state index in [4.69, 9.17) is 5.41 Å². The fourth-order valence-electron chi connectivity index (χ4n) is 2.19. The standard InChI is InChI=1S/C8H14N2O3/c9-6-3-5(12)7-8(13)4(11)1-2-10(6)7/h4-5,7-9,11-13H,1-3H2/t4-,5-,7+,8-/m1/s1. The third-order valence-corrected chi connectivity index (χ3v) is 2.91. The molecule has 0 aromatic rings. The van der Waals surface area contributed by atoms with E-state index < -0.39 is 24.4 Å². The summed E-state index contributed by atoms with van der Waals surface area (Å²) in [6, 6.07) is -0.476. The fourth-order valence-corrected chi connectivity index (χ4v) is 2.19. The lowest BCUT2D eigenvalue weighted by molar-refractivity contribution is -0.0782. The van der Waals surface area contributed by atoms with Crippen LogP contribution in [0.1, 0.15) is 12.8 Å². The van der Waals surface area contributed by atoms with Gasteiger partial charge in [0.1, 0.15) is 6.10 Å². The smallest absolute Gasteiger partial charge is 0.103 e. The molecule has 2 aliphatic heterocycles. The molecule has 2 fully saturated rings. The van der Waals surface area contributed by atoms with Crippen molar-refractivity contribution in [3.05, 3.63) is 0 Å². The summed E-state index contributed by atoms with van der Waals surface area (Å²) in [6.45, 7) is 0.554. The quantitative estimate of drug-likeness (QED) is 0.372. The van der Waals surface area contributed by atoms with Crippen molar-refractivity contribution in [3.63, 3.8) is 0 Å². The number of nitrogens with zero attached hydrogens (tertiary/aromatic N) is 1. The Morgan fingerprint density at radius 1 is 1.23 bits per heavy atom. The van der Waals surface area contributed by atoms with Crippen LogP contribution in [0.25, 0.3) is 0 Å². The van der Waals surface area contributed by atoms with Crippen LogP contribution >= 0.6 is 0 Å². The molecule has 0 aliphatic carbocycles. The summed E-state index contributed by atoms with van der Waals surface area (Å²) >= 11 is 0. The highest BCUT2D eigenvalue weighted by Gasteiger charge is 2.46. The number of fused-ring (bicyclic) bond motifs is 1. The van der Waals surface area contributed by atoms with E-state index in [-0.39, 0.29) is 6.42 Å². The monoisotopic (exact) mass is 186 g/mol. The van der Waals surface area contributed by atoms with Crippen LogP contribution in [-0.4, -0.2) is 57.0 Å². The topological polar surface area (TPSA) is 87.8 Å². The number of amidine groups is 1. The summed E-state index contributed by atoms with van der Waals surface area (Å²) in [4.78, 5) is 1.68. The van der Waals surface area contributed by atoms with Crippen molar-refractivity contribution in [1.82, 2.24) is 4.90 Å². The Morgan fingerprint density at radius 2 is 1.92 bits per heavy atom. The van der Waals surface area contributed by atoms with Crippen molar-refractivity contribution in [3.8, 4) is 0 Å². The van der Waals surface area contributed by atoms with E-state index in [2.05, 4.69) is 0 Å². The van der Waals surface area contributed by atoms with Crippen molar-refractivity contribution >= 4 is 5.84 Å². The first-order valence-electron chi connectivity index (χ1n) is 4.49. The van der Waals surface area contributed by atoms with Crippen molar-refractivity contribution in [2.75, 3.05) is 6.54 Å². The summed E-state index contributed by atoms with van der Waals surface area (Å²) < 4.78 is 0. The number of aliphatic hydroxyl groups is 3. The Kier molecular flexibility index (Phi) is 2.02. The normalized spacial score (nSPS) is 45.2. The van der Waals surface area contributed by atoms with E-state index in [9.17, 15) is 15.3 Å². The molecule has 0 unspecified atom stereocenters. The molecule has 5 nitrogen and oxygen atoms in total. The van der Waals surface area contributed by atoms with Gasteiger partial charge in [0.15, 0.2) is 0 Å². The van der Waals surface area contributed by atoms with E-state index in [0.717, 1.165) is 0 Å². The van der Waals surface area contributed by atoms with Crippen molar-refractivity contribution in [2.24, 2.45) is 0 Å². The molecule has 5 heteroatoms. The minimum absolute atomic E-state index is 0.286. The number of nitrogens with one attached hydrogen (secondary N) is 1. The Bertz CT molecular complexity index is 233. The number of rotatable bonds is 0. The summed E-state index contributed by atoms with van der Waals surface area (Å²) in [5, 5.41) is 36.0. The van der Waals surface area contributed by atoms with Gasteiger partial charge in [-0.05, 0) is 6.42 Å². The maximum Gasteiger partial charge on any atom is 0.103 e. The zero-order chi connectivity index (χ0) is 9.59. The fraction of sp³-hybridized carbons (Fsp3) is 0.875. The molecule has 0 saturated carbocycles. The van der Waals surface area contributed by atoms with E-state index >= 15 is 0 Å². The first-order valence-corrected chi connectivity index (χ1v) is 4.49. The Morgan fingerprint density at radius 3 is 2.62 bits per heavy atom. The third-order valence-electron chi connectivity index (χ3n) is 2.91. The van der Waals surface area contributed by atoms with Gasteiger partial charge in [-0.3, -0.25) is 5.41 Å². The molecule has 2 heterocycles. The highest BCUT2D eigenvalue weighted by molar-refractivity contribution is 5.82. The SMILES string of the molecule is N=C1C[C@@H](O)[C@H]2[C@H](O)[C@H](O)CCN12. The molecule has 74 valence electrons. The van der Waals surface area contributed by atoms with Crippen LogP contribution in [0.4, 0.5) is 0 Å². The number of hydrogen-bond donors (Lipinski definition) is 4. The van der Waals surface area contributed by atoms with E-state index in [1.54, 1.807) is 4.90 Å². The van der Waals surface area contributed by atoms with Crippen LogP contribution < -0.4 is 0 Å². The van der Waals surface area contributed by atoms with Gasteiger partial charge in [-0.2, -0.15) is 0 Å². The highest BCUT2D eigenvalue weighted by atomic mass is 16.3. The van der Waals surface area contributed by atoms with Crippen LogP contribution in [0.5, 0.6) is 0 Å². The molecular formula is C8H14N2O3. The average Bonchev–Trinajstić information content (AvgIpc) is 2.35. The van der Waals surface area contributed by atoms with Crippen LogP contribution in [0.15, 0.2) is 0 Å². The number of hydrogen-bond acceptors (Lipinski definition) is 4. The van der Waals surface area contributed by atoms with Gasteiger partial charge in [0, 0.05) is 13.0 Å². The lowest BCUT2D eigenvalue weighted by atomic mass is 9.95. The van der Waals surface area contributed by atoms with Crippen LogP contribution in [0.3, 0.4) is 0 Å². The molecule has 0 aromatic carbocycles. The molecule has 2 rings (SSSR count). The minimum Gasteiger partial charge on any atom is -0.390 e. The van der Waals surface area contributed by atoms with Gasteiger partial charge in [-0.25, -0.2) is 0 Å². The first-order chi connectivity index (χ1) is 6.11. The predicted octanol–water partition coefficient (Wildman–Crippen LogP) is -1.48. The molecule has 13 heavy (non-hydrogen) atoms. The summed E-state index contributed by atoms with van der Waals surface area (Å²) in [7, 11) is 0. The van der Waals surface area contributed by atoms with Crippen molar-refractivity contribution < 1.29 is 15.3 Å². The number of aliphatic hydroxyl groups excluding tert-OH is 3. The average molecular weight is 186 g/mol. The molecular weight excluding hydrogens is 172 g/mol.